The summed E-state index contributed by atoms with van der Waals surface area (Å²) in [6, 6.07) is 0. The molecule has 0 saturated heterocycles. The van der Waals surface area contributed by atoms with Gasteiger partial charge < -0.3 is 14.6 Å². The Balaban J connectivity index is 3.56. The van der Waals surface area contributed by atoms with Gasteiger partial charge in [0.2, 0.25) is 0 Å². The second-order valence-electron chi connectivity index (χ2n) is 12.6. The van der Waals surface area contributed by atoms with Gasteiger partial charge in [-0.15, -0.1) is 0 Å². The van der Waals surface area contributed by atoms with Gasteiger partial charge in [0.1, 0.15) is 6.10 Å². The smallest absolute Gasteiger partial charge is 0.306 e. The highest BCUT2D eigenvalue weighted by Crippen LogP contribution is 2.11. The van der Waals surface area contributed by atoms with Gasteiger partial charge in [0, 0.05) is 13.0 Å². The topological polar surface area (TPSA) is 55.8 Å². The molecule has 1 N–H and O–H groups in total. The molecule has 0 aromatic heterocycles. The Morgan fingerprint density at radius 2 is 0.857 bits per heavy atom. The van der Waals surface area contributed by atoms with Gasteiger partial charge in [0.05, 0.1) is 13.2 Å². The van der Waals surface area contributed by atoms with E-state index in [1.807, 2.05) is 0 Å². The van der Waals surface area contributed by atoms with Crippen molar-refractivity contribution in [3.63, 3.8) is 0 Å². The summed E-state index contributed by atoms with van der Waals surface area (Å²) in [6.45, 7) is 5.03. The summed E-state index contributed by atoms with van der Waals surface area (Å²) in [4.78, 5) is 12.2. The van der Waals surface area contributed by atoms with E-state index in [-0.39, 0.29) is 19.2 Å². The van der Waals surface area contributed by atoms with Crippen LogP contribution in [0.2, 0.25) is 0 Å². The lowest BCUT2D eigenvalue weighted by atomic mass is 10.1. The van der Waals surface area contributed by atoms with E-state index in [1.54, 1.807) is 0 Å². The fraction of sp³-hybridized carbons (Fsp3) is 0.622. The molecule has 1 atom stereocenters. The number of hydrogen-bond acceptors (Lipinski definition) is 4. The van der Waals surface area contributed by atoms with Crippen LogP contribution < -0.4 is 0 Å². The SMILES string of the molecule is CC/C=C\C/C=C\C/C=C\C/C=C\C/C=C\CCCCCCOCC(CO)OC(=O)CCCCCCCCC/C=C\C/C=C\C/C=C\CC. The van der Waals surface area contributed by atoms with Crippen molar-refractivity contribution in [1.29, 1.82) is 0 Å². The third-order valence-electron chi connectivity index (χ3n) is 7.90. The Morgan fingerprint density at radius 3 is 1.29 bits per heavy atom. The van der Waals surface area contributed by atoms with Gasteiger partial charge in [-0.25, -0.2) is 0 Å². The number of esters is 1. The molecule has 4 heteroatoms. The molecular weight excluding hydrogens is 604 g/mol. The lowest BCUT2D eigenvalue weighted by Gasteiger charge is -2.15. The van der Waals surface area contributed by atoms with Gasteiger partial charge in [-0.3, -0.25) is 4.79 Å². The number of carbonyl (C=O) groups is 1. The van der Waals surface area contributed by atoms with Crippen molar-refractivity contribution < 1.29 is 19.4 Å². The van der Waals surface area contributed by atoms with Crippen molar-refractivity contribution >= 4 is 5.97 Å². The zero-order valence-corrected chi connectivity index (χ0v) is 31.7. The van der Waals surface area contributed by atoms with Crippen LogP contribution in [0.1, 0.15) is 155 Å². The number of carbonyl (C=O) groups excluding carboxylic acids is 1. The lowest BCUT2D eigenvalue weighted by Crippen LogP contribution is -2.27. The predicted molar refractivity (Wildman–Crippen MR) is 214 cm³/mol. The van der Waals surface area contributed by atoms with Crippen LogP contribution in [0.4, 0.5) is 0 Å². The number of aliphatic hydroxyl groups is 1. The maximum Gasteiger partial charge on any atom is 0.306 e. The van der Waals surface area contributed by atoms with Crippen LogP contribution in [0.15, 0.2) is 97.2 Å². The molecule has 0 fully saturated rings. The Hall–Kier alpha value is -2.69. The van der Waals surface area contributed by atoms with E-state index in [0.717, 1.165) is 96.3 Å². The second kappa shape index (κ2) is 41.5. The molecule has 0 heterocycles. The van der Waals surface area contributed by atoms with Crippen molar-refractivity contribution in [2.45, 2.75) is 161 Å². The summed E-state index contributed by atoms with van der Waals surface area (Å²) in [5.41, 5.74) is 0. The summed E-state index contributed by atoms with van der Waals surface area (Å²) in [5.74, 6) is -0.225. The first-order valence-corrected chi connectivity index (χ1v) is 19.8. The minimum absolute atomic E-state index is 0.193. The normalized spacial score (nSPS) is 13.4. The Bertz CT molecular complexity index is 934. The predicted octanol–water partition coefficient (Wildman–Crippen LogP) is 13.0. The number of ether oxygens (including phenoxy) is 2. The van der Waals surface area contributed by atoms with Gasteiger partial charge in [-0.1, -0.05) is 156 Å². The van der Waals surface area contributed by atoms with Gasteiger partial charge in [-0.05, 0) is 89.9 Å². The molecule has 0 aliphatic rings. The average Bonchev–Trinajstić information content (AvgIpc) is 3.11. The van der Waals surface area contributed by atoms with Crippen molar-refractivity contribution in [2.24, 2.45) is 0 Å². The summed E-state index contributed by atoms with van der Waals surface area (Å²) in [5, 5.41) is 9.58. The molecule has 0 rings (SSSR count). The number of aliphatic hydroxyl groups excluding tert-OH is 1. The van der Waals surface area contributed by atoms with E-state index < -0.39 is 6.10 Å². The molecule has 0 aromatic carbocycles. The maximum absolute atomic E-state index is 12.2. The van der Waals surface area contributed by atoms with Gasteiger partial charge in [-0.2, -0.15) is 0 Å². The number of rotatable bonds is 35. The summed E-state index contributed by atoms with van der Waals surface area (Å²) in [6.07, 6.45) is 58.8. The highest BCUT2D eigenvalue weighted by atomic mass is 16.6. The van der Waals surface area contributed by atoms with E-state index in [2.05, 4.69) is 111 Å². The first kappa shape index (κ1) is 46.3. The van der Waals surface area contributed by atoms with Crippen LogP contribution in [-0.2, 0) is 14.3 Å². The molecule has 0 aliphatic heterocycles. The van der Waals surface area contributed by atoms with E-state index in [1.165, 1.54) is 38.5 Å². The Kier molecular flexibility index (Phi) is 39.2. The molecule has 0 bridgehead atoms. The van der Waals surface area contributed by atoms with Gasteiger partial charge in [0.25, 0.3) is 0 Å². The van der Waals surface area contributed by atoms with Crippen molar-refractivity contribution in [3.05, 3.63) is 97.2 Å². The zero-order valence-electron chi connectivity index (χ0n) is 31.7. The highest BCUT2D eigenvalue weighted by Gasteiger charge is 2.13. The van der Waals surface area contributed by atoms with Crippen LogP contribution >= 0.6 is 0 Å². The molecule has 0 radical (unpaired) electrons. The monoisotopic (exact) mass is 679 g/mol. The highest BCUT2D eigenvalue weighted by molar-refractivity contribution is 5.69. The molecular formula is C45H74O4. The van der Waals surface area contributed by atoms with E-state index in [9.17, 15) is 9.90 Å². The minimum atomic E-state index is -0.559. The Morgan fingerprint density at radius 1 is 0.490 bits per heavy atom. The number of hydrogen-bond donors (Lipinski definition) is 1. The molecule has 49 heavy (non-hydrogen) atoms. The zero-order chi connectivity index (χ0) is 35.6. The first-order chi connectivity index (χ1) is 24.2. The number of allylic oxidation sites excluding steroid dienone is 16. The van der Waals surface area contributed by atoms with Crippen LogP contribution in [0, 0.1) is 0 Å². The molecule has 0 spiro atoms. The lowest BCUT2D eigenvalue weighted by molar-refractivity contribution is -0.154. The molecule has 0 aromatic rings. The van der Waals surface area contributed by atoms with E-state index in [0.29, 0.717) is 13.0 Å². The molecule has 4 nitrogen and oxygen atoms in total. The minimum Gasteiger partial charge on any atom is -0.457 e. The third kappa shape index (κ3) is 39.6. The largest absolute Gasteiger partial charge is 0.457 e. The maximum atomic E-state index is 12.2. The van der Waals surface area contributed by atoms with Crippen LogP contribution in [0.25, 0.3) is 0 Å². The van der Waals surface area contributed by atoms with E-state index >= 15 is 0 Å². The molecule has 0 saturated carbocycles. The van der Waals surface area contributed by atoms with Crippen LogP contribution in [0.3, 0.4) is 0 Å². The van der Waals surface area contributed by atoms with Crippen molar-refractivity contribution in [2.75, 3.05) is 19.8 Å². The van der Waals surface area contributed by atoms with Crippen LogP contribution in [-0.4, -0.2) is 37.0 Å². The Labute approximate surface area is 302 Å². The number of unbranched alkanes of at least 4 members (excludes halogenated alkanes) is 11. The van der Waals surface area contributed by atoms with Gasteiger partial charge in [0.15, 0.2) is 0 Å². The standard InChI is InChI=1S/C45H74O4/c1-3-5-7-9-11-13-15-17-19-21-22-23-25-27-29-31-33-35-37-39-41-48-43-44(42-46)49-45(47)40-38-36-34-32-30-28-26-24-20-18-16-14-12-10-8-6-4-2/h5-8,11-14,17-20,22-23,27,29,44,46H,3-4,9-10,15-16,21,24-26,28,30-43H2,1-2H3/b7-5-,8-6-,13-11-,14-12-,19-17-,20-18-,23-22-,29-27-. The van der Waals surface area contributed by atoms with E-state index in [4.69, 9.17) is 9.47 Å². The molecule has 0 aliphatic carbocycles. The second-order valence-corrected chi connectivity index (χ2v) is 12.6. The molecule has 1 unspecified atom stereocenters. The average molecular weight is 679 g/mol. The van der Waals surface area contributed by atoms with Gasteiger partial charge >= 0.3 is 5.97 Å². The summed E-state index contributed by atoms with van der Waals surface area (Å²) < 4.78 is 11.1. The first-order valence-electron chi connectivity index (χ1n) is 19.8. The summed E-state index contributed by atoms with van der Waals surface area (Å²) in [7, 11) is 0. The quantitative estimate of drug-likeness (QED) is 0.0412. The fourth-order valence-corrected chi connectivity index (χ4v) is 5.01. The van der Waals surface area contributed by atoms with Crippen molar-refractivity contribution in [3.8, 4) is 0 Å². The summed E-state index contributed by atoms with van der Waals surface area (Å²) >= 11 is 0. The fourth-order valence-electron chi connectivity index (χ4n) is 5.01. The molecule has 278 valence electrons. The molecule has 0 amide bonds. The van der Waals surface area contributed by atoms with Crippen molar-refractivity contribution in [1.82, 2.24) is 0 Å². The van der Waals surface area contributed by atoms with Crippen LogP contribution in [0.5, 0.6) is 0 Å². The third-order valence-corrected chi connectivity index (χ3v) is 7.90.